The molecule has 1 fully saturated rings. The van der Waals surface area contributed by atoms with Crippen LogP contribution >= 0.6 is 0 Å². The number of hydrogen-bond acceptors (Lipinski definition) is 6. The third-order valence-corrected chi connectivity index (χ3v) is 5.24. The Balaban J connectivity index is 1.44. The van der Waals surface area contributed by atoms with Gasteiger partial charge >= 0.3 is 0 Å². The number of hydrogen-bond donors (Lipinski definition) is 0. The molecule has 0 saturated carbocycles. The van der Waals surface area contributed by atoms with Gasteiger partial charge < -0.3 is 4.90 Å². The molecule has 0 radical (unpaired) electrons. The number of aryl methyl sites for hydroxylation is 1. The van der Waals surface area contributed by atoms with E-state index in [1.54, 1.807) is 23.0 Å². The van der Waals surface area contributed by atoms with Crippen molar-refractivity contribution in [3.63, 3.8) is 0 Å². The fourth-order valence-electron chi connectivity index (χ4n) is 3.90. The molecular weight excluding hydrogens is 354 g/mol. The quantitative estimate of drug-likeness (QED) is 0.536. The van der Waals surface area contributed by atoms with Gasteiger partial charge in [-0.25, -0.2) is 14.5 Å². The van der Waals surface area contributed by atoms with Crippen LogP contribution in [0, 0.1) is 6.92 Å². The van der Waals surface area contributed by atoms with Gasteiger partial charge in [0.05, 0.1) is 11.2 Å². The number of aromatic nitrogens is 6. The molecule has 1 aliphatic rings. The minimum atomic E-state index is -0.0379. The Hall–Kier alpha value is -3.42. The maximum atomic E-state index is 13.1. The molecule has 5 heterocycles. The Morgan fingerprint density at radius 3 is 3.07 bits per heavy atom. The van der Waals surface area contributed by atoms with Gasteiger partial charge in [0.2, 0.25) is 0 Å². The molecule has 8 nitrogen and oxygen atoms in total. The maximum absolute atomic E-state index is 13.1. The number of carbonyl (C=O) groups excluding carboxylic acids is 1. The van der Waals surface area contributed by atoms with Crippen LogP contribution in [0.2, 0.25) is 0 Å². The fourth-order valence-corrected chi connectivity index (χ4v) is 3.90. The van der Waals surface area contributed by atoms with Crippen molar-refractivity contribution in [3.8, 4) is 0 Å². The average molecular weight is 373 g/mol. The zero-order valence-electron chi connectivity index (χ0n) is 15.5. The van der Waals surface area contributed by atoms with E-state index in [0.717, 1.165) is 41.7 Å². The Morgan fingerprint density at radius 2 is 2.14 bits per heavy atom. The molecule has 4 aromatic heterocycles. The van der Waals surface area contributed by atoms with Gasteiger partial charge in [-0.2, -0.15) is 10.1 Å². The second kappa shape index (κ2) is 6.63. The first-order chi connectivity index (χ1) is 13.7. The Kier molecular flexibility index (Phi) is 3.96. The number of fused-ring (bicyclic) bond motifs is 2. The summed E-state index contributed by atoms with van der Waals surface area (Å²) in [6.07, 6.45) is 6.90. The Bertz CT molecular complexity index is 1190. The van der Waals surface area contributed by atoms with Gasteiger partial charge in [0.1, 0.15) is 12.0 Å². The lowest BCUT2D eigenvalue weighted by molar-refractivity contribution is 0.0699. The van der Waals surface area contributed by atoms with Crippen LogP contribution in [0.1, 0.15) is 40.6 Å². The minimum Gasteiger partial charge on any atom is -0.337 e. The molecule has 0 N–H and O–H groups in total. The number of piperidine rings is 1. The Morgan fingerprint density at radius 1 is 1.21 bits per heavy atom. The van der Waals surface area contributed by atoms with Crippen LogP contribution in [-0.2, 0) is 0 Å². The number of carbonyl (C=O) groups is 1. The second-order valence-electron chi connectivity index (χ2n) is 7.15. The molecule has 28 heavy (non-hydrogen) atoms. The van der Waals surface area contributed by atoms with E-state index >= 15 is 0 Å². The highest BCUT2D eigenvalue weighted by atomic mass is 16.2. The molecule has 1 saturated heterocycles. The van der Waals surface area contributed by atoms with E-state index in [4.69, 9.17) is 0 Å². The number of amides is 1. The predicted molar refractivity (Wildman–Crippen MR) is 103 cm³/mol. The summed E-state index contributed by atoms with van der Waals surface area (Å²) in [7, 11) is 0. The van der Waals surface area contributed by atoms with Gasteiger partial charge in [-0.05, 0) is 44.0 Å². The van der Waals surface area contributed by atoms with Crippen LogP contribution in [0.4, 0.5) is 0 Å². The van der Waals surface area contributed by atoms with E-state index in [0.29, 0.717) is 18.0 Å². The minimum absolute atomic E-state index is 0.0379. The van der Waals surface area contributed by atoms with E-state index in [-0.39, 0.29) is 11.8 Å². The van der Waals surface area contributed by atoms with Crippen LogP contribution in [-0.4, -0.2) is 53.4 Å². The standard InChI is InChI=1S/C20H19N7O/c1-13-9-18(27-20(24-13)22-12-23-27)15-3-2-8-26(11-15)19(28)17-5-4-14-10-21-7-6-16(14)25-17/h4-7,9-10,12,15H,2-3,8,11H2,1H3. The van der Waals surface area contributed by atoms with Crippen molar-refractivity contribution in [1.82, 2.24) is 34.4 Å². The van der Waals surface area contributed by atoms with Gasteiger partial charge in [0.25, 0.3) is 11.7 Å². The van der Waals surface area contributed by atoms with Crippen molar-refractivity contribution >= 4 is 22.6 Å². The Labute approximate surface area is 161 Å². The molecule has 0 spiro atoms. The monoisotopic (exact) mass is 373 g/mol. The SMILES string of the molecule is Cc1cc(C2CCCN(C(=O)c3ccc4cnccc4n3)C2)n2ncnc2n1. The number of rotatable bonds is 2. The third-order valence-electron chi connectivity index (χ3n) is 5.24. The molecule has 0 aromatic carbocycles. The zero-order valence-corrected chi connectivity index (χ0v) is 15.5. The van der Waals surface area contributed by atoms with Crippen LogP contribution in [0.5, 0.6) is 0 Å². The highest BCUT2D eigenvalue weighted by Gasteiger charge is 2.28. The molecule has 0 aliphatic carbocycles. The summed E-state index contributed by atoms with van der Waals surface area (Å²) in [5.41, 5.74) is 3.21. The summed E-state index contributed by atoms with van der Waals surface area (Å²) >= 11 is 0. The molecule has 4 aromatic rings. The molecule has 140 valence electrons. The van der Waals surface area contributed by atoms with E-state index in [2.05, 4.69) is 25.0 Å². The molecule has 1 amide bonds. The van der Waals surface area contributed by atoms with Gasteiger partial charge in [0, 0.05) is 42.5 Å². The van der Waals surface area contributed by atoms with Crippen molar-refractivity contribution in [1.29, 1.82) is 0 Å². The summed E-state index contributed by atoms with van der Waals surface area (Å²) in [6.45, 7) is 3.32. The van der Waals surface area contributed by atoms with E-state index in [1.165, 1.54) is 6.33 Å². The first-order valence-electron chi connectivity index (χ1n) is 9.36. The molecule has 1 atom stereocenters. The largest absolute Gasteiger partial charge is 0.337 e. The normalized spacial score (nSPS) is 17.3. The van der Waals surface area contributed by atoms with Crippen LogP contribution in [0.25, 0.3) is 16.7 Å². The predicted octanol–water partition coefficient (Wildman–Crippen LogP) is 2.40. The lowest BCUT2D eigenvalue weighted by Crippen LogP contribution is -2.40. The molecule has 1 unspecified atom stereocenters. The maximum Gasteiger partial charge on any atom is 0.272 e. The van der Waals surface area contributed by atoms with E-state index in [9.17, 15) is 4.79 Å². The topological polar surface area (TPSA) is 89.2 Å². The van der Waals surface area contributed by atoms with Gasteiger partial charge in [-0.3, -0.25) is 9.78 Å². The molecule has 0 bridgehead atoms. The first-order valence-corrected chi connectivity index (χ1v) is 9.36. The van der Waals surface area contributed by atoms with Crippen LogP contribution in [0.3, 0.4) is 0 Å². The smallest absolute Gasteiger partial charge is 0.272 e. The lowest BCUT2D eigenvalue weighted by Gasteiger charge is -2.32. The summed E-state index contributed by atoms with van der Waals surface area (Å²) in [6, 6.07) is 7.55. The number of nitrogens with zero attached hydrogens (tertiary/aromatic N) is 7. The highest BCUT2D eigenvalue weighted by molar-refractivity contribution is 5.94. The first kappa shape index (κ1) is 16.7. The van der Waals surface area contributed by atoms with Crippen LogP contribution in [0.15, 0.2) is 43.0 Å². The van der Waals surface area contributed by atoms with Crippen molar-refractivity contribution in [2.75, 3.05) is 13.1 Å². The summed E-state index contributed by atoms with van der Waals surface area (Å²) < 4.78 is 1.78. The number of likely N-dealkylation sites (tertiary alicyclic amines) is 1. The van der Waals surface area contributed by atoms with Gasteiger partial charge in [-0.15, -0.1) is 0 Å². The average Bonchev–Trinajstić information content (AvgIpc) is 3.20. The van der Waals surface area contributed by atoms with Crippen molar-refractivity contribution < 1.29 is 4.79 Å². The summed E-state index contributed by atoms with van der Waals surface area (Å²) in [5.74, 6) is 0.750. The van der Waals surface area contributed by atoms with Gasteiger partial charge in [-0.1, -0.05) is 0 Å². The molecule has 1 aliphatic heterocycles. The highest BCUT2D eigenvalue weighted by Crippen LogP contribution is 2.28. The van der Waals surface area contributed by atoms with Gasteiger partial charge in [0.15, 0.2) is 0 Å². The fraction of sp³-hybridized carbons (Fsp3) is 0.300. The zero-order chi connectivity index (χ0) is 19.1. The molecule has 8 heteroatoms. The lowest BCUT2D eigenvalue weighted by atomic mass is 9.94. The van der Waals surface area contributed by atoms with Crippen molar-refractivity contribution in [2.45, 2.75) is 25.7 Å². The second-order valence-corrected chi connectivity index (χ2v) is 7.15. The third kappa shape index (κ3) is 2.87. The van der Waals surface area contributed by atoms with Crippen molar-refractivity contribution in [3.05, 3.63) is 60.1 Å². The molecular formula is C20H19N7O. The van der Waals surface area contributed by atoms with E-state index in [1.807, 2.05) is 30.0 Å². The van der Waals surface area contributed by atoms with E-state index < -0.39 is 0 Å². The summed E-state index contributed by atoms with van der Waals surface area (Å²) in [5, 5.41) is 5.25. The van der Waals surface area contributed by atoms with Crippen molar-refractivity contribution in [2.24, 2.45) is 0 Å². The van der Waals surface area contributed by atoms with Crippen LogP contribution < -0.4 is 0 Å². The number of pyridine rings is 2. The summed E-state index contributed by atoms with van der Waals surface area (Å²) in [4.78, 5) is 32.2. The molecule has 5 rings (SSSR count).